The predicted molar refractivity (Wildman–Crippen MR) is 85.1 cm³/mol. The second-order valence-corrected chi connectivity index (χ2v) is 7.02. The van der Waals surface area contributed by atoms with E-state index >= 15 is 0 Å². The van der Waals surface area contributed by atoms with E-state index in [2.05, 4.69) is 0 Å². The summed E-state index contributed by atoms with van der Waals surface area (Å²) in [6.07, 6.45) is 0.258. The number of thioether (sulfide) groups is 1. The van der Waals surface area contributed by atoms with Gasteiger partial charge in [0, 0.05) is 28.7 Å². The largest absolute Gasteiger partial charge is 0.478 e. The van der Waals surface area contributed by atoms with Crippen LogP contribution in [-0.4, -0.2) is 33.9 Å². The molecule has 1 saturated heterocycles. The summed E-state index contributed by atoms with van der Waals surface area (Å²) in [5, 5.41) is 9.10. The molecule has 20 heavy (non-hydrogen) atoms. The maximum atomic E-state index is 12.1. The number of amides is 1. The molecule has 1 aliphatic heterocycles. The van der Waals surface area contributed by atoms with Gasteiger partial charge in [0.15, 0.2) is 5.12 Å². The standard InChI is InChI=1S/C13H12INO4S/c1-7(16)20-8-5-11(17)15(6-8)12-9(13(18)19)3-2-4-10(12)14/h2-4,8H,5-6H2,1H3,(H,18,19). The van der Waals surface area contributed by atoms with E-state index < -0.39 is 5.97 Å². The summed E-state index contributed by atoms with van der Waals surface area (Å²) in [6, 6.07) is 4.90. The number of carbonyl (C=O) groups excluding carboxylic acids is 2. The summed E-state index contributed by atoms with van der Waals surface area (Å²) in [5.74, 6) is -1.20. The number of aromatic carboxylic acids is 1. The zero-order valence-electron chi connectivity index (χ0n) is 10.6. The van der Waals surface area contributed by atoms with Crippen molar-refractivity contribution in [3.63, 3.8) is 0 Å². The van der Waals surface area contributed by atoms with Crippen LogP contribution in [0.2, 0.25) is 0 Å². The van der Waals surface area contributed by atoms with Gasteiger partial charge in [0.25, 0.3) is 0 Å². The van der Waals surface area contributed by atoms with Crippen molar-refractivity contribution in [3.8, 4) is 0 Å². The first-order valence-corrected chi connectivity index (χ1v) is 7.85. The fourth-order valence-corrected chi connectivity index (χ4v) is 3.88. The predicted octanol–water partition coefficient (Wildman–Crippen LogP) is 2.37. The molecule has 1 aromatic carbocycles. The molecule has 0 saturated carbocycles. The van der Waals surface area contributed by atoms with Gasteiger partial charge in [0.1, 0.15) is 0 Å². The molecule has 1 amide bonds. The Morgan fingerprint density at radius 2 is 2.15 bits per heavy atom. The van der Waals surface area contributed by atoms with Crippen molar-refractivity contribution in [3.05, 3.63) is 27.3 Å². The number of hydrogen-bond acceptors (Lipinski definition) is 4. The van der Waals surface area contributed by atoms with Crippen molar-refractivity contribution in [2.45, 2.75) is 18.6 Å². The Balaban J connectivity index is 2.35. The lowest BCUT2D eigenvalue weighted by Crippen LogP contribution is -2.28. The van der Waals surface area contributed by atoms with Crippen LogP contribution in [0.4, 0.5) is 5.69 Å². The first kappa shape index (κ1) is 15.3. The van der Waals surface area contributed by atoms with Crippen molar-refractivity contribution < 1.29 is 19.5 Å². The van der Waals surface area contributed by atoms with Crippen LogP contribution >= 0.6 is 34.4 Å². The Hall–Kier alpha value is -1.09. The lowest BCUT2D eigenvalue weighted by atomic mass is 10.1. The first-order valence-electron chi connectivity index (χ1n) is 5.89. The lowest BCUT2D eigenvalue weighted by Gasteiger charge is -2.20. The van der Waals surface area contributed by atoms with E-state index in [-0.39, 0.29) is 28.3 Å². The second kappa shape index (κ2) is 6.13. The molecule has 0 bridgehead atoms. The number of carbonyl (C=O) groups is 3. The molecule has 2 rings (SSSR count). The summed E-state index contributed by atoms with van der Waals surface area (Å²) < 4.78 is 0.712. The van der Waals surface area contributed by atoms with Gasteiger partial charge in [-0.3, -0.25) is 9.59 Å². The Bertz CT molecular complexity index is 590. The zero-order chi connectivity index (χ0) is 14.9. The highest BCUT2D eigenvalue weighted by atomic mass is 127. The zero-order valence-corrected chi connectivity index (χ0v) is 13.6. The van der Waals surface area contributed by atoms with Gasteiger partial charge in [-0.25, -0.2) is 4.79 Å². The van der Waals surface area contributed by atoms with E-state index in [1.807, 2.05) is 22.6 Å². The molecular formula is C13H12INO4S. The number of rotatable bonds is 3. The van der Waals surface area contributed by atoms with E-state index in [1.165, 1.54) is 17.9 Å². The molecule has 106 valence electrons. The van der Waals surface area contributed by atoms with E-state index in [9.17, 15) is 19.5 Å². The quantitative estimate of drug-likeness (QED) is 0.782. The van der Waals surface area contributed by atoms with Crippen LogP contribution in [-0.2, 0) is 9.59 Å². The normalized spacial score (nSPS) is 18.4. The molecule has 5 nitrogen and oxygen atoms in total. The first-order chi connectivity index (χ1) is 9.40. The average Bonchev–Trinajstić information content (AvgIpc) is 2.68. The minimum absolute atomic E-state index is 0.0362. The number of carboxylic acid groups (broad SMARTS) is 1. The number of nitrogens with zero attached hydrogens (tertiary/aromatic N) is 1. The number of halogens is 1. The molecule has 1 N–H and O–H groups in total. The van der Waals surface area contributed by atoms with Crippen molar-refractivity contribution in [2.24, 2.45) is 0 Å². The van der Waals surface area contributed by atoms with Gasteiger partial charge in [-0.05, 0) is 34.7 Å². The third-order valence-electron chi connectivity index (χ3n) is 2.91. The fraction of sp³-hybridized carbons (Fsp3) is 0.308. The van der Waals surface area contributed by atoms with Crippen LogP contribution in [0.5, 0.6) is 0 Å². The van der Waals surface area contributed by atoms with E-state index in [4.69, 9.17) is 0 Å². The van der Waals surface area contributed by atoms with Gasteiger partial charge in [-0.15, -0.1) is 0 Å². The van der Waals surface area contributed by atoms with Crippen molar-refractivity contribution in [1.29, 1.82) is 0 Å². The molecule has 1 fully saturated rings. The molecule has 0 radical (unpaired) electrons. The summed E-state index contributed by atoms with van der Waals surface area (Å²) in [6.45, 7) is 1.83. The summed E-state index contributed by atoms with van der Waals surface area (Å²) in [7, 11) is 0. The minimum atomic E-state index is -1.06. The summed E-state index contributed by atoms with van der Waals surface area (Å²) in [4.78, 5) is 36.0. The minimum Gasteiger partial charge on any atom is -0.478 e. The summed E-state index contributed by atoms with van der Waals surface area (Å²) in [5.41, 5.74) is 0.538. The molecule has 1 aliphatic rings. The monoisotopic (exact) mass is 405 g/mol. The average molecular weight is 405 g/mol. The van der Waals surface area contributed by atoms with E-state index in [0.717, 1.165) is 11.8 Å². The van der Waals surface area contributed by atoms with Gasteiger partial charge in [-0.2, -0.15) is 0 Å². The van der Waals surface area contributed by atoms with Gasteiger partial charge in [0.2, 0.25) is 5.91 Å². The molecule has 7 heteroatoms. The van der Waals surface area contributed by atoms with Crippen LogP contribution < -0.4 is 4.90 Å². The van der Waals surface area contributed by atoms with Crippen molar-refractivity contribution in [1.82, 2.24) is 0 Å². The smallest absolute Gasteiger partial charge is 0.337 e. The van der Waals surface area contributed by atoms with Crippen LogP contribution in [0, 0.1) is 3.57 Å². The number of hydrogen-bond donors (Lipinski definition) is 1. The van der Waals surface area contributed by atoms with Crippen LogP contribution in [0.3, 0.4) is 0 Å². The van der Waals surface area contributed by atoms with Crippen LogP contribution in [0.15, 0.2) is 18.2 Å². The highest BCUT2D eigenvalue weighted by Gasteiger charge is 2.34. The molecule has 0 aromatic heterocycles. The van der Waals surface area contributed by atoms with Gasteiger partial charge < -0.3 is 10.0 Å². The van der Waals surface area contributed by atoms with Crippen molar-refractivity contribution >= 4 is 57.0 Å². The topological polar surface area (TPSA) is 74.7 Å². The highest BCUT2D eigenvalue weighted by Crippen LogP contribution is 2.34. The third-order valence-corrected chi connectivity index (χ3v) is 4.76. The van der Waals surface area contributed by atoms with Gasteiger partial charge in [-0.1, -0.05) is 17.8 Å². The maximum Gasteiger partial charge on any atom is 0.337 e. The summed E-state index contributed by atoms with van der Waals surface area (Å²) >= 11 is 3.15. The van der Waals surface area contributed by atoms with E-state index in [0.29, 0.717) is 15.8 Å². The SMILES string of the molecule is CC(=O)SC1CC(=O)N(c2c(I)cccc2C(=O)O)C1. The van der Waals surface area contributed by atoms with Crippen LogP contribution in [0.25, 0.3) is 0 Å². The second-order valence-electron chi connectivity index (χ2n) is 4.38. The van der Waals surface area contributed by atoms with Gasteiger partial charge >= 0.3 is 5.97 Å². The number of para-hydroxylation sites is 1. The number of carboxylic acids is 1. The highest BCUT2D eigenvalue weighted by molar-refractivity contribution is 14.1. The lowest BCUT2D eigenvalue weighted by molar-refractivity contribution is -0.117. The molecule has 1 atom stereocenters. The Kier molecular flexibility index (Phi) is 4.69. The van der Waals surface area contributed by atoms with Crippen molar-refractivity contribution in [2.75, 3.05) is 11.4 Å². The van der Waals surface area contributed by atoms with Crippen LogP contribution in [0.1, 0.15) is 23.7 Å². The van der Waals surface area contributed by atoms with Gasteiger partial charge in [0.05, 0.1) is 11.3 Å². The molecule has 0 aliphatic carbocycles. The Labute approximate surface area is 133 Å². The maximum absolute atomic E-state index is 12.1. The molecule has 1 heterocycles. The number of benzene rings is 1. The molecule has 1 unspecified atom stereocenters. The molecular weight excluding hydrogens is 393 g/mol. The van der Waals surface area contributed by atoms with E-state index in [1.54, 1.807) is 12.1 Å². The molecule has 1 aromatic rings. The Morgan fingerprint density at radius 3 is 2.75 bits per heavy atom. The third kappa shape index (κ3) is 3.14. The Morgan fingerprint density at radius 1 is 1.45 bits per heavy atom. The molecule has 0 spiro atoms. The fourth-order valence-electron chi connectivity index (χ4n) is 2.17. The number of anilines is 1.